The van der Waals surface area contributed by atoms with Crippen LogP contribution >= 0.6 is 15.9 Å². The Hall–Kier alpha value is -1.24. The normalized spacial score (nSPS) is 11.1. The Morgan fingerprint density at radius 3 is 2.65 bits per heavy atom. The van der Waals surface area contributed by atoms with Crippen molar-refractivity contribution in [2.24, 2.45) is 0 Å². The zero-order valence-electron chi connectivity index (χ0n) is 8.77. The minimum absolute atomic E-state index is 0.0101. The number of likely N-dealkylation sites (N-methyl/N-ethyl adjacent to an activating group) is 1. The SMILES string of the molecule is CNC(=O)COc1ccc(Br)c(C(F)(F)F)c1. The molecule has 0 aromatic heterocycles. The van der Waals surface area contributed by atoms with E-state index in [1.54, 1.807) is 0 Å². The topological polar surface area (TPSA) is 38.3 Å². The smallest absolute Gasteiger partial charge is 0.417 e. The molecule has 0 fully saturated rings. The first-order chi connectivity index (χ1) is 7.84. The van der Waals surface area contributed by atoms with Gasteiger partial charge in [-0.3, -0.25) is 4.79 Å². The van der Waals surface area contributed by atoms with Gasteiger partial charge in [0.05, 0.1) is 5.56 Å². The molecule has 7 heteroatoms. The molecule has 1 aromatic carbocycles. The zero-order chi connectivity index (χ0) is 13.1. The number of alkyl halides is 3. The standard InChI is InChI=1S/C10H9BrF3NO2/c1-15-9(16)5-17-6-2-3-8(11)7(4-6)10(12,13)14/h2-4H,5H2,1H3,(H,15,16). The molecule has 1 amide bonds. The third-order valence-corrected chi connectivity index (χ3v) is 2.58. The number of ether oxygens (including phenoxy) is 1. The van der Waals surface area contributed by atoms with Crippen LogP contribution in [0.15, 0.2) is 22.7 Å². The molecular weight excluding hydrogens is 303 g/mol. The largest absolute Gasteiger partial charge is 0.484 e. The number of rotatable bonds is 3. The average Bonchev–Trinajstić information content (AvgIpc) is 2.26. The minimum atomic E-state index is -4.47. The summed E-state index contributed by atoms with van der Waals surface area (Å²) in [5.41, 5.74) is -0.841. The fourth-order valence-corrected chi connectivity index (χ4v) is 1.50. The number of carbonyl (C=O) groups excluding carboxylic acids is 1. The third-order valence-electron chi connectivity index (χ3n) is 1.89. The van der Waals surface area contributed by atoms with E-state index in [-0.39, 0.29) is 16.8 Å². The first kappa shape index (κ1) is 13.8. The second-order valence-corrected chi connectivity index (χ2v) is 3.96. The van der Waals surface area contributed by atoms with E-state index in [2.05, 4.69) is 21.2 Å². The number of nitrogens with one attached hydrogen (secondary N) is 1. The number of benzene rings is 1. The van der Waals surface area contributed by atoms with Gasteiger partial charge in [0.1, 0.15) is 5.75 Å². The molecule has 0 aliphatic rings. The summed E-state index contributed by atoms with van der Waals surface area (Å²) < 4.78 is 42.4. The first-order valence-corrected chi connectivity index (χ1v) is 5.34. The van der Waals surface area contributed by atoms with E-state index in [4.69, 9.17) is 4.74 Å². The van der Waals surface area contributed by atoms with E-state index < -0.39 is 17.6 Å². The van der Waals surface area contributed by atoms with Gasteiger partial charge in [-0.2, -0.15) is 13.2 Å². The highest BCUT2D eigenvalue weighted by atomic mass is 79.9. The summed E-state index contributed by atoms with van der Waals surface area (Å²) >= 11 is 2.81. The molecule has 0 atom stereocenters. The van der Waals surface area contributed by atoms with E-state index >= 15 is 0 Å². The molecular formula is C10H9BrF3NO2. The second kappa shape index (κ2) is 5.39. The van der Waals surface area contributed by atoms with Crippen molar-refractivity contribution in [1.29, 1.82) is 0 Å². The summed E-state index contributed by atoms with van der Waals surface area (Å²) in [5.74, 6) is -0.425. The molecule has 0 saturated carbocycles. The number of hydrogen-bond donors (Lipinski definition) is 1. The molecule has 1 rings (SSSR count). The summed E-state index contributed by atoms with van der Waals surface area (Å²) in [6.07, 6.45) is -4.47. The lowest BCUT2D eigenvalue weighted by atomic mass is 10.2. The molecule has 0 saturated heterocycles. The lowest BCUT2D eigenvalue weighted by Gasteiger charge is -2.11. The van der Waals surface area contributed by atoms with Gasteiger partial charge in [0.25, 0.3) is 5.91 Å². The maximum Gasteiger partial charge on any atom is 0.417 e. The molecule has 0 unspecified atom stereocenters. The van der Waals surface area contributed by atoms with E-state index in [1.807, 2.05) is 0 Å². The number of amides is 1. The van der Waals surface area contributed by atoms with Crippen molar-refractivity contribution >= 4 is 21.8 Å². The molecule has 1 N–H and O–H groups in total. The summed E-state index contributed by atoms with van der Waals surface area (Å²) in [6, 6.07) is 3.41. The predicted molar refractivity (Wildman–Crippen MR) is 58.7 cm³/mol. The zero-order valence-corrected chi connectivity index (χ0v) is 10.4. The Bertz CT molecular complexity index is 421. The van der Waals surface area contributed by atoms with Crippen molar-refractivity contribution in [2.75, 3.05) is 13.7 Å². The van der Waals surface area contributed by atoms with Crippen LogP contribution in [0.3, 0.4) is 0 Å². The van der Waals surface area contributed by atoms with Crippen LogP contribution in [0.5, 0.6) is 5.75 Å². The Labute approximate surface area is 104 Å². The Kier molecular flexibility index (Phi) is 4.39. The van der Waals surface area contributed by atoms with Crippen LogP contribution < -0.4 is 10.1 Å². The van der Waals surface area contributed by atoms with Gasteiger partial charge in [-0.25, -0.2) is 0 Å². The quantitative estimate of drug-likeness (QED) is 0.932. The monoisotopic (exact) mass is 311 g/mol. The summed E-state index contributed by atoms with van der Waals surface area (Å²) in [7, 11) is 1.41. The Balaban J connectivity index is 2.86. The molecule has 0 radical (unpaired) electrons. The molecule has 3 nitrogen and oxygen atoms in total. The number of halogens is 4. The van der Waals surface area contributed by atoms with Crippen molar-refractivity contribution < 1.29 is 22.7 Å². The van der Waals surface area contributed by atoms with Gasteiger partial charge in [0.2, 0.25) is 0 Å². The lowest BCUT2D eigenvalue weighted by Crippen LogP contribution is -2.24. The van der Waals surface area contributed by atoms with Crippen LogP contribution in [-0.2, 0) is 11.0 Å². The summed E-state index contributed by atoms with van der Waals surface area (Å²) in [4.78, 5) is 10.9. The molecule has 0 aliphatic heterocycles. The summed E-state index contributed by atoms with van der Waals surface area (Å²) in [5, 5.41) is 2.30. The van der Waals surface area contributed by atoms with Gasteiger partial charge >= 0.3 is 6.18 Å². The van der Waals surface area contributed by atoms with E-state index in [0.29, 0.717) is 0 Å². The van der Waals surface area contributed by atoms with E-state index in [9.17, 15) is 18.0 Å². The highest BCUT2D eigenvalue weighted by molar-refractivity contribution is 9.10. The average molecular weight is 312 g/mol. The van der Waals surface area contributed by atoms with Crippen molar-refractivity contribution in [3.05, 3.63) is 28.2 Å². The van der Waals surface area contributed by atoms with Crippen LogP contribution in [-0.4, -0.2) is 19.6 Å². The second-order valence-electron chi connectivity index (χ2n) is 3.10. The van der Waals surface area contributed by atoms with Gasteiger partial charge in [0.15, 0.2) is 6.61 Å². The molecule has 17 heavy (non-hydrogen) atoms. The van der Waals surface area contributed by atoms with Gasteiger partial charge in [-0.1, -0.05) is 15.9 Å². The molecule has 0 spiro atoms. The molecule has 94 valence electrons. The molecule has 0 heterocycles. The van der Waals surface area contributed by atoms with Crippen LogP contribution in [0.25, 0.3) is 0 Å². The Morgan fingerprint density at radius 1 is 1.47 bits per heavy atom. The molecule has 0 bridgehead atoms. The van der Waals surface area contributed by atoms with Crippen molar-refractivity contribution in [2.45, 2.75) is 6.18 Å². The van der Waals surface area contributed by atoms with Gasteiger partial charge < -0.3 is 10.1 Å². The van der Waals surface area contributed by atoms with Crippen LogP contribution in [0.1, 0.15) is 5.56 Å². The fourth-order valence-electron chi connectivity index (χ4n) is 1.03. The lowest BCUT2D eigenvalue weighted by molar-refractivity contribution is -0.138. The highest BCUT2D eigenvalue weighted by Crippen LogP contribution is 2.36. The summed E-state index contributed by atoms with van der Waals surface area (Å²) in [6.45, 7) is -0.324. The van der Waals surface area contributed by atoms with Crippen molar-refractivity contribution in [3.8, 4) is 5.75 Å². The number of hydrogen-bond acceptors (Lipinski definition) is 2. The maximum absolute atomic E-state index is 12.5. The Morgan fingerprint density at radius 2 is 2.12 bits per heavy atom. The predicted octanol–water partition coefficient (Wildman–Crippen LogP) is 2.59. The maximum atomic E-state index is 12.5. The van der Waals surface area contributed by atoms with Gasteiger partial charge in [0, 0.05) is 11.5 Å². The van der Waals surface area contributed by atoms with E-state index in [0.717, 1.165) is 6.07 Å². The van der Waals surface area contributed by atoms with Crippen molar-refractivity contribution in [1.82, 2.24) is 5.32 Å². The number of carbonyl (C=O) groups is 1. The van der Waals surface area contributed by atoms with E-state index in [1.165, 1.54) is 19.2 Å². The fraction of sp³-hybridized carbons (Fsp3) is 0.300. The molecule has 0 aliphatic carbocycles. The van der Waals surface area contributed by atoms with Gasteiger partial charge in [-0.05, 0) is 18.2 Å². The van der Waals surface area contributed by atoms with Crippen LogP contribution in [0.2, 0.25) is 0 Å². The van der Waals surface area contributed by atoms with Gasteiger partial charge in [-0.15, -0.1) is 0 Å². The first-order valence-electron chi connectivity index (χ1n) is 4.54. The molecule has 1 aromatic rings. The van der Waals surface area contributed by atoms with Crippen LogP contribution in [0, 0.1) is 0 Å². The minimum Gasteiger partial charge on any atom is -0.484 e. The van der Waals surface area contributed by atoms with Crippen LogP contribution in [0.4, 0.5) is 13.2 Å². The third kappa shape index (κ3) is 3.92. The highest BCUT2D eigenvalue weighted by Gasteiger charge is 2.33. The van der Waals surface area contributed by atoms with Crippen molar-refractivity contribution in [3.63, 3.8) is 0 Å².